The molecule has 0 spiro atoms. The molecule has 0 saturated heterocycles. The SMILES string of the molecule is COC(=O)c1ccc(C)c(-c2ccc([N+](=O)[O-])cc2)c1. The number of nitrogens with zero attached hydrogens (tertiary/aromatic N) is 1. The molecule has 0 radical (unpaired) electrons. The Balaban J connectivity index is 2.45. The number of carbonyl (C=O) groups is 1. The molecule has 0 unspecified atom stereocenters. The molecule has 0 heterocycles. The van der Waals surface area contributed by atoms with Gasteiger partial charge in [-0.1, -0.05) is 6.07 Å². The molecule has 0 fully saturated rings. The summed E-state index contributed by atoms with van der Waals surface area (Å²) >= 11 is 0. The van der Waals surface area contributed by atoms with Crippen LogP contribution in [-0.4, -0.2) is 18.0 Å². The van der Waals surface area contributed by atoms with E-state index in [1.807, 2.05) is 13.0 Å². The first kappa shape index (κ1) is 13.7. The molecule has 20 heavy (non-hydrogen) atoms. The number of ether oxygens (including phenoxy) is 1. The molecule has 5 heteroatoms. The summed E-state index contributed by atoms with van der Waals surface area (Å²) in [5.41, 5.74) is 3.13. The van der Waals surface area contributed by atoms with Gasteiger partial charge in [-0.3, -0.25) is 10.1 Å². The summed E-state index contributed by atoms with van der Waals surface area (Å²) in [6, 6.07) is 11.5. The van der Waals surface area contributed by atoms with E-state index in [2.05, 4.69) is 4.74 Å². The van der Waals surface area contributed by atoms with Crippen LogP contribution in [0.5, 0.6) is 0 Å². The molecular formula is C15H13NO4. The number of esters is 1. The van der Waals surface area contributed by atoms with Crippen LogP contribution in [0.2, 0.25) is 0 Å². The third-order valence-electron chi connectivity index (χ3n) is 3.05. The second-order valence-corrected chi connectivity index (χ2v) is 4.33. The lowest BCUT2D eigenvalue weighted by Crippen LogP contribution is -2.01. The molecule has 0 aromatic heterocycles. The van der Waals surface area contributed by atoms with Crippen molar-refractivity contribution in [3.8, 4) is 11.1 Å². The Morgan fingerprint density at radius 1 is 1.15 bits per heavy atom. The Morgan fingerprint density at radius 2 is 1.80 bits per heavy atom. The molecule has 102 valence electrons. The molecule has 0 aliphatic carbocycles. The van der Waals surface area contributed by atoms with E-state index < -0.39 is 10.9 Å². The largest absolute Gasteiger partial charge is 0.465 e. The summed E-state index contributed by atoms with van der Waals surface area (Å²) < 4.78 is 4.69. The molecular weight excluding hydrogens is 258 g/mol. The van der Waals surface area contributed by atoms with Crippen LogP contribution in [0.15, 0.2) is 42.5 Å². The number of aryl methyl sites for hydroxylation is 1. The van der Waals surface area contributed by atoms with Crippen molar-refractivity contribution in [1.82, 2.24) is 0 Å². The Bertz CT molecular complexity index is 662. The molecule has 2 aromatic rings. The summed E-state index contributed by atoms with van der Waals surface area (Å²) in [4.78, 5) is 21.7. The number of hydrogen-bond donors (Lipinski definition) is 0. The summed E-state index contributed by atoms with van der Waals surface area (Å²) in [7, 11) is 1.33. The molecule has 2 rings (SSSR count). The minimum Gasteiger partial charge on any atom is -0.465 e. The van der Waals surface area contributed by atoms with Gasteiger partial charge >= 0.3 is 5.97 Å². The zero-order valence-corrected chi connectivity index (χ0v) is 11.1. The van der Waals surface area contributed by atoms with Crippen LogP contribution in [0.25, 0.3) is 11.1 Å². The van der Waals surface area contributed by atoms with Crippen molar-refractivity contribution in [2.75, 3.05) is 7.11 Å². The highest BCUT2D eigenvalue weighted by Gasteiger charge is 2.11. The summed E-state index contributed by atoms with van der Waals surface area (Å²) in [6.45, 7) is 1.91. The third kappa shape index (κ3) is 2.66. The maximum atomic E-state index is 11.5. The van der Waals surface area contributed by atoms with E-state index in [0.717, 1.165) is 16.7 Å². The minimum atomic E-state index is -0.443. The fourth-order valence-corrected chi connectivity index (χ4v) is 1.94. The predicted octanol–water partition coefficient (Wildman–Crippen LogP) is 3.36. The van der Waals surface area contributed by atoms with Gasteiger partial charge in [-0.25, -0.2) is 4.79 Å². The molecule has 0 atom stereocenters. The molecule has 0 amide bonds. The summed E-state index contributed by atoms with van der Waals surface area (Å²) in [5, 5.41) is 10.6. The third-order valence-corrected chi connectivity index (χ3v) is 3.05. The number of nitro groups is 1. The zero-order valence-electron chi connectivity index (χ0n) is 11.1. The summed E-state index contributed by atoms with van der Waals surface area (Å²) in [6.07, 6.45) is 0. The van der Waals surface area contributed by atoms with Crippen molar-refractivity contribution in [1.29, 1.82) is 0 Å². The number of nitro benzene ring substituents is 1. The fourth-order valence-electron chi connectivity index (χ4n) is 1.94. The second-order valence-electron chi connectivity index (χ2n) is 4.33. The van der Waals surface area contributed by atoms with E-state index in [9.17, 15) is 14.9 Å². The standard InChI is InChI=1S/C15H13NO4/c1-10-3-4-12(15(17)20-2)9-14(10)11-5-7-13(8-6-11)16(18)19/h3-9H,1-2H3. The van der Waals surface area contributed by atoms with Crippen molar-refractivity contribution in [3.05, 3.63) is 63.7 Å². The van der Waals surface area contributed by atoms with Gasteiger partial charge in [0.2, 0.25) is 0 Å². The van der Waals surface area contributed by atoms with Gasteiger partial charge in [0.15, 0.2) is 0 Å². The first-order chi connectivity index (χ1) is 9.52. The van der Waals surface area contributed by atoms with Gasteiger partial charge in [0, 0.05) is 12.1 Å². The first-order valence-corrected chi connectivity index (χ1v) is 5.96. The summed E-state index contributed by atoms with van der Waals surface area (Å²) in [5.74, 6) is -0.409. The minimum absolute atomic E-state index is 0.0375. The van der Waals surface area contributed by atoms with Crippen molar-refractivity contribution in [2.45, 2.75) is 6.92 Å². The van der Waals surface area contributed by atoms with Gasteiger partial charge in [-0.05, 0) is 47.9 Å². The predicted molar refractivity (Wildman–Crippen MR) is 74.6 cm³/mol. The highest BCUT2D eigenvalue weighted by Crippen LogP contribution is 2.26. The van der Waals surface area contributed by atoms with Crippen molar-refractivity contribution in [3.63, 3.8) is 0 Å². The van der Waals surface area contributed by atoms with Crippen LogP contribution in [0.4, 0.5) is 5.69 Å². The first-order valence-electron chi connectivity index (χ1n) is 5.96. The molecule has 2 aromatic carbocycles. The van der Waals surface area contributed by atoms with Gasteiger partial charge in [0.1, 0.15) is 0 Å². The Kier molecular flexibility index (Phi) is 3.79. The quantitative estimate of drug-likeness (QED) is 0.487. The Hall–Kier alpha value is -2.69. The molecule has 0 bridgehead atoms. The van der Waals surface area contributed by atoms with E-state index in [1.165, 1.54) is 19.2 Å². The average molecular weight is 271 g/mol. The number of methoxy groups -OCH3 is 1. The molecule has 0 saturated carbocycles. The normalized spacial score (nSPS) is 10.1. The molecule has 5 nitrogen and oxygen atoms in total. The molecule has 0 aliphatic heterocycles. The van der Waals surface area contributed by atoms with Crippen LogP contribution >= 0.6 is 0 Å². The lowest BCUT2D eigenvalue weighted by Gasteiger charge is -2.08. The fraction of sp³-hybridized carbons (Fsp3) is 0.133. The average Bonchev–Trinajstić information content (AvgIpc) is 2.47. The van der Waals surface area contributed by atoms with Crippen molar-refractivity contribution in [2.24, 2.45) is 0 Å². The maximum Gasteiger partial charge on any atom is 0.337 e. The van der Waals surface area contributed by atoms with Gasteiger partial charge < -0.3 is 4.74 Å². The number of rotatable bonds is 3. The highest BCUT2D eigenvalue weighted by atomic mass is 16.6. The molecule has 0 aliphatic rings. The van der Waals surface area contributed by atoms with Crippen LogP contribution in [0.1, 0.15) is 15.9 Å². The van der Waals surface area contributed by atoms with E-state index in [-0.39, 0.29) is 5.69 Å². The lowest BCUT2D eigenvalue weighted by molar-refractivity contribution is -0.384. The van der Waals surface area contributed by atoms with E-state index in [1.54, 1.807) is 24.3 Å². The number of benzene rings is 2. The van der Waals surface area contributed by atoms with E-state index in [4.69, 9.17) is 0 Å². The zero-order chi connectivity index (χ0) is 14.7. The highest BCUT2D eigenvalue weighted by molar-refractivity contribution is 5.91. The van der Waals surface area contributed by atoms with Crippen LogP contribution in [0.3, 0.4) is 0 Å². The van der Waals surface area contributed by atoms with Crippen molar-refractivity contribution >= 4 is 11.7 Å². The lowest BCUT2D eigenvalue weighted by atomic mass is 9.98. The number of carbonyl (C=O) groups excluding carboxylic acids is 1. The topological polar surface area (TPSA) is 69.4 Å². The van der Waals surface area contributed by atoms with Crippen LogP contribution in [0, 0.1) is 17.0 Å². The Labute approximate surface area is 116 Å². The second kappa shape index (κ2) is 5.52. The van der Waals surface area contributed by atoms with E-state index in [0.29, 0.717) is 5.56 Å². The van der Waals surface area contributed by atoms with Crippen molar-refractivity contribution < 1.29 is 14.5 Å². The van der Waals surface area contributed by atoms with Gasteiger partial charge in [0.05, 0.1) is 17.6 Å². The number of hydrogen-bond acceptors (Lipinski definition) is 4. The van der Waals surface area contributed by atoms with Gasteiger partial charge in [0.25, 0.3) is 5.69 Å². The van der Waals surface area contributed by atoms with Crippen LogP contribution < -0.4 is 0 Å². The van der Waals surface area contributed by atoms with Gasteiger partial charge in [-0.15, -0.1) is 0 Å². The number of non-ortho nitro benzene ring substituents is 1. The van der Waals surface area contributed by atoms with Gasteiger partial charge in [-0.2, -0.15) is 0 Å². The molecule has 0 N–H and O–H groups in total. The van der Waals surface area contributed by atoms with E-state index >= 15 is 0 Å². The maximum absolute atomic E-state index is 11.5. The Morgan fingerprint density at radius 3 is 2.35 bits per heavy atom. The smallest absolute Gasteiger partial charge is 0.337 e. The monoisotopic (exact) mass is 271 g/mol. The van der Waals surface area contributed by atoms with Crippen LogP contribution in [-0.2, 0) is 4.74 Å².